The van der Waals surface area contributed by atoms with Gasteiger partial charge in [0.05, 0.1) is 0 Å². The second-order valence-corrected chi connectivity index (χ2v) is 6.22. The summed E-state index contributed by atoms with van der Waals surface area (Å²) in [5.74, 6) is 0.0217. The van der Waals surface area contributed by atoms with E-state index in [0.29, 0.717) is 5.75 Å². The molecule has 1 aliphatic rings. The monoisotopic (exact) mass is 358 g/mol. The van der Waals surface area contributed by atoms with E-state index in [-0.39, 0.29) is 0 Å². The van der Waals surface area contributed by atoms with E-state index >= 15 is 0 Å². The first-order valence-corrected chi connectivity index (χ1v) is 8.62. The van der Waals surface area contributed by atoms with Crippen molar-refractivity contribution in [1.29, 1.82) is 0 Å². The summed E-state index contributed by atoms with van der Waals surface area (Å²) in [6.07, 6.45) is 7.76. The lowest BCUT2D eigenvalue weighted by Gasteiger charge is -2.39. The topological polar surface area (TPSA) is 77.3 Å². The zero-order valence-electron chi connectivity index (χ0n) is 14.0. The molecule has 0 amide bonds. The third kappa shape index (κ3) is 4.04. The van der Waals surface area contributed by atoms with Crippen LogP contribution in [0.1, 0.15) is 5.56 Å². The fraction of sp³-hybridized carbons (Fsp3) is 0.333. The molecule has 0 bridgehead atoms. The van der Waals surface area contributed by atoms with E-state index in [1.165, 1.54) is 38.0 Å². The minimum atomic E-state index is -1.67. The molecule has 25 heavy (non-hydrogen) atoms. The van der Waals surface area contributed by atoms with Crippen molar-refractivity contribution >= 4 is 23.9 Å². The van der Waals surface area contributed by atoms with Crippen LogP contribution < -0.4 is 0 Å². The van der Waals surface area contributed by atoms with Crippen molar-refractivity contribution in [1.82, 2.24) is 0 Å². The van der Waals surface area contributed by atoms with Gasteiger partial charge in [0.15, 0.2) is 0 Å². The quantitative estimate of drug-likeness (QED) is 0.406. The lowest BCUT2D eigenvalue weighted by molar-refractivity contribution is -0.200. The van der Waals surface area contributed by atoms with E-state index in [2.05, 4.69) is 22.1 Å². The van der Waals surface area contributed by atoms with Crippen LogP contribution >= 0.6 is 11.8 Å². The summed E-state index contributed by atoms with van der Waals surface area (Å²) >= 11 is 1.71. The Morgan fingerprint density at radius 2 is 1.68 bits per heavy atom. The number of methoxy groups -OCH3 is 2. The number of rotatable bonds is 8. The van der Waals surface area contributed by atoms with Crippen molar-refractivity contribution < 1.29 is 19.1 Å². The Morgan fingerprint density at radius 3 is 2.24 bits per heavy atom. The van der Waals surface area contributed by atoms with Crippen LogP contribution in [-0.2, 0) is 24.8 Å². The number of hydrogen-bond acceptors (Lipinski definition) is 7. The second kappa shape index (κ2) is 8.72. The van der Waals surface area contributed by atoms with Gasteiger partial charge in [0.25, 0.3) is 0 Å². The first-order valence-electron chi connectivity index (χ1n) is 7.46. The number of ether oxygens (including phenoxy) is 2. The van der Waals surface area contributed by atoms with Gasteiger partial charge in [-0.1, -0.05) is 36.4 Å². The molecule has 2 rings (SSSR count). The van der Waals surface area contributed by atoms with Crippen molar-refractivity contribution in [2.45, 2.75) is 17.2 Å². The van der Waals surface area contributed by atoms with Gasteiger partial charge in [-0.15, -0.1) is 0 Å². The maximum Gasteiger partial charge on any atom is 0.250 e. The lowest BCUT2D eigenvalue weighted by Crippen LogP contribution is -2.53. The van der Waals surface area contributed by atoms with E-state index in [1.54, 1.807) is 23.9 Å². The molecule has 0 fully saturated rings. The average molecular weight is 358 g/mol. The number of benzene rings is 1. The van der Waals surface area contributed by atoms with Crippen molar-refractivity contribution in [3.63, 3.8) is 0 Å². The Morgan fingerprint density at radius 1 is 1.04 bits per heavy atom. The zero-order valence-corrected chi connectivity index (χ0v) is 14.8. The molecule has 0 unspecified atom stereocenters. The third-order valence-corrected chi connectivity index (χ3v) is 4.91. The summed E-state index contributed by atoms with van der Waals surface area (Å²) in [4.78, 5) is 28.9. The van der Waals surface area contributed by atoms with Crippen LogP contribution in [0.25, 0.3) is 0 Å². The summed E-state index contributed by atoms with van der Waals surface area (Å²) < 4.78 is 10.9. The van der Waals surface area contributed by atoms with Gasteiger partial charge in [-0.3, -0.25) is 0 Å². The van der Waals surface area contributed by atoms with Crippen LogP contribution in [0.15, 0.2) is 64.1 Å². The second-order valence-electron chi connectivity index (χ2n) is 5.24. The molecular formula is C18H18N2O4S. The summed E-state index contributed by atoms with van der Waals surface area (Å²) in [5.41, 5.74) is 0.457. The molecule has 0 heterocycles. The number of thioether (sulfide) groups is 1. The molecule has 0 saturated carbocycles. The van der Waals surface area contributed by atoms with Crippen LogP contribution in [-0.4, -0.2) is 43.6 Å². The highest BCUT2D eigenvalue weighted by Gasteiger charge is 2.53. The molecule has 0 radical (unpaired) electrons. The molecule has 0 atom stereocenters. The lowest BCUT2D eigenvalue weighted by atomic mass is 9.91. The average Bonchev–Trinajstić information content (AvgIpc) is 2.64. The van der Waals surface area contributed by atoms with Crippen molar-refractivity contribution in [2.24, 2.45) is 9.98 Å². The van der Waals surface area contributed by atoms with Crippen LogP contribution in [0.2, 0.25) is 0 Å². The van der Waals surface area contributed by atoms with Crippen molar-refractivity contribution in [3.8, 4) is 0 Å². The van der Waals surface area contributed by atoms with Crippen molar-refractivity contribution in [2.75, 3.05) is 20.0 Å². The van der Waals surface area contributed by atoms with Crippen LogP contribution in [0.4, 0.5) is 0 Å². The molecule has 1 aliphatic carbocycles. The fourth-order valence-electron chi connectivity index (χ4n) is 2.58. The molecule has 1 aromatic carbocycles. The summed E-state index contributed by atoms with van der Waals surface area (Å²) in [6.45, 7) is 0. The van der Waals surface area contributed by atoms with Gasteiger partial charge in [0.1, 0.15) is 0 Å². The van der Waals surface area contributed by atoms with E-state index in [0.717, 1.165) is 11.3 Å². The van der Waals surface area contributed by atoms with Crippen LogP contribution in [0, 0.1) is 0 Å². The standard InChI is InChI=1S/C18H18N2O4S/c1-23-18(24-2)10-16(8-9-17(18,19-13-21)20-14-22)12-25-11-15-6-4-3-5-7-15/h3-10H,11-12H2,1-2H3. The highest BCUT2D eigenvalue weighted by atomic mass is 32.2. The van der Waals surface area contributed by atoms with Gasteiger partial charge in [-0.05, 0) is 23.3 Å². The Balaban J connectivity index is 2.22. The Hall–Kier alpha value is -2.27. The summed E-state index contributed by atoms with van der Waals surface area (Å²) in [5, 5.41) is 0. The Kier molecular flexibility index (Phi) is 6.65. The number of allylic oxidation sites excluding steroid dienone is 1. The van der Waals surface area contributed by atoms with E-state index in [4.69, 9.17) is 9.47 Å². The maximum atomic E-state index is 10.8. The van der Waals surface area contributed by atoms with Crippen LogP contribution in [0.3, 0.4) is 0 Å². The fourth-order valence-corrected chi connectivity index (χ4v) is 3.53. The number of aliphatic imine (C=N–C) groups is 2. The SMILES string of the molecule is COC1(OC)C=C(CSCc2ccccc2)C=CC1(N=C=O)N=C=O. The van der Waals surface area contributed by atoms with E-state index in [9.17, 15) is 9.59 Å². The third-order valence-electron chi connectivity index (χ3n) is 3.84. The van der Waals surface area contributed by atoms with Crippen LogP contribution in [0.5, 0.6) is 0 Å². The molecule has 0 spiro atoms. The Bertz CT molecular complexity index is 726. The Labute approximate surface area is 150 Å². The van der Waals surface area contributed by atoms with Gasteiger partial charge in [0.2, 0.25) is 23.6 Å². The molecule has 7 heteroatoms. The minimum absolute atomic E-state index is 0.686. The molecular weight excluding hydrogens is 340 g/mol. The summed E-state index contributed by atoms with van der Waals surface area (Å²) in [6, 6.07) is 10.1. The largest absolute Gasteiger partial charge is 0.346 e. The van der Waals surface area contributed by atoms with Crippen molar-refractivity contribution in [3.05, 3.63) is 59.7 Å². The first kappa shape index (κ1) is 19.1. The highest BCUT2D eigenvalue weighted by Crippen LogP contribution is 2.39. The normalized spacial score (nSPS) is 21.0. The number of carbonyl (C=O) groups excluding carboxylic acids is 2. The van der Waals surface area contributed by atoms with E-state index in [1.807, 2.05) is 18.2 Å². The molecule has 130 valence electrons. The number of nitrogens with zero attached hydrogens (tertiary/aromatic N) is 2. The number of isocyanates is 2. The van der Waals surface area contributed by atoms with Gasteiger partial charge in [-0.2, -0.15) is 21.7 Å². The molecule has 6 nitrogen and oxygen atoms in total. The van der Waals surface area contributed by atoms with Gasteiger partial charge in [0, 0.05) is 25.7 Å². The molecule has 0 aromatic heterocycles. The smallest absolute Gasteiger partial charge is 0.250 e. The summed E-state index contributed by atoms with van der Waals surface area (Å²) in [7, 11) is 2.78. The zero-order chi connectivity index (χ0) is 18.2. The maximum absolute atomic E-state index is 10.8. The molecule has 1 aromatic rings. The first-order chi connectivity index (χ1) is 12.1. The van der Waals surface area contributed by atoms with E-state index < -0.39 is 11.4 Å². The highest BCUT2D eigenvalue weighted by molar-refractivity contribution is 7.98. The molecule has 0 N–H and O–H groups in total. The molecule has 0 saturated heterocycles. The number of hydrogen-bond donors (Lipinski definition) is 0. The minimum Gasteiger partial charge on any atom is -0.346 e. The predicted molar refractivity (Wildman–Crippen MR) is 95.6 cm³/mol. The predicted octanol–water partition coefficient (Wildman–Crippen LogP) is 2.77. The van der Waals surface area contributed by atoms with Gasteiger partial charge < -0.3 is 9.47 Å². The molecule has 0 aliphatic heterocycles. The van der Waals surface area contributed by atoms with Gasteiger partial charge >= 0.3 is 0 Å². The van der Waals surface area contributed by atoms with Gasteiger partial charge in [-0.25, -0.2) is 9.59 Å².